The molecule has 0 saturated heterocycles. The molecule has 5 nitrogen and oxygen atoms in total. The van der Waals surface area contributed by atoms with Crippen LogP contribution >= 0.6 is 0 Å². The van der Waals surface area contributed by atoms with Crippen LogP contribution in [0, 0.1) is 0 Å². The molecular formula is C21H17F3O5. The molecule has 1 aromatic heterocycles. The molecule has 0 spiro atoms. The fourth-order valence-electron chi connectivity index (χ4n) is 2.87. The van der Waals surface area contributed by atoms with Crippen LogP contribution in [0.3, 0.4) is 0 Å². The van der Waals surface area contributed by atoms with Gasteiger partial charge in [0.25, 0.3) is 0 Å². The Morgan fingerprint density at radius 3 is 2.41 bits per heavy atom. The molecule has 8 heteroatoms. The standard InChI is InChI=1S/C21H17F3O5/c1-4-9-28-13-6-7-14-16(11-13)29-20(21(22,23)24)18(19(14)25)12-5-8-15(26-2)17(10-12)27-3/h4-8,10-11H,1,9H2,2-3H3. The summed E-state index contributed by atoms with van der Waals surface area (Å²) in [4.78, 5) is 13.0. The molecule has 152 valence electrons. The number of benzene rings is 2. The molecule has 3 rings (SSSR count). The van der Waals surface area contributed by atoms with Crippen molar-refractivity contribution in [2.75, 3.05) is 20.8 Å². The number of ether oxygens (including phenoxy) is 3. The second-order valence-electron chi connectivity index (χ2n) is 5.96. The fourth-order valence-corrected chi connectivity index (χ4v) is 2.87. The van der Waals surface area contributed by atoms with Gasteiger partial charge in [-0.15, -0.1) is 0 Å². The van der Waals surface area contributed by atoms with Gasteiger partial charge in [-0.3, -0.25) is 4.79 Å². The molecule has 0 saturated carbocycles. The Hall–Kier alpha value is -3.42. The SMILES string of the molecule is C=CCOc1ccc2c(=O)c(-c3ccc(OC)c(OC)c3)c(C(F)(F)F)oc2c1. The average Bonchev–Trinajstić information content (AvgIpc) is 2.70. The number of halogens is 3. The highest BCUT2D eigenvalue weighted by Gasteiger charge is 2.39. The maximum absolute atomic E-state index is 13.7. The van der Waals surface area contributed by atoms with Crippen molar-refractivity contribution in [3.63, 3.8) is 0 Å². The second-order valence-corrected chi connectivity index (χ2v) is 5.96. The molecular weight excluding hydrogens is 389 g/mol. The Morgan fingerprint density at radius 2 is 1.79 bits per heavy atom. The number of rotatable bonds is 6. The Bertz CT molecular complexity index is 1120. The van der Waals surface area contributed by atoms with Crippen LogP contribution in [0.2, 0.25) is 0 Å². The first-order chi connectivity index (χ1) is 13.8. The van der Waals surface area contributed by atoms with Crippen molar-refractivity contribution in [1.29, 1.82) is 0 Å². The van der Waals surface area contributed by atoms with Crippen LogP contribution in [0.4, 0.5) is 13.2 Å². The summed E-state index contributed by atoms with van der Waals surface area (Å²) in [5, 5.41) is -0.00580. The van der Waals surface area contributed by atoms with Crippen molar-refractivity contribution in [2.45, 2.75) is 6.18 Å². The van der Waals surface area contributed by atoms with Gasteiger partial charge in [-0.2, -0.15) is 13.2 Å². The van der Waals surface area contributed by atoms with E-state index in [0.717, 1.165) is 0 Å². The van der Waals surface area contributed by atoms with E-state index in [2.05, 4.69) is 6.58 Å². The molecule has 0 atom stereocenters. The lowest BCUT2D eigenvalue weighted by atomic mass is 10.0. The van der Waals surface area contributed by atoms with Crippen LogP contribution in [0.5, 0.6) is 17.2 Å². The summed E-state index contributed by atoms with van der Waals surface area (Å²) in [7, 11) is 2.75. The topological polar surface area (TPSA) is 57.9 Å². The summed E-state index contributed by atoms with van der Waals surface area (Å²) >= 11 is 0. The van der Waals surface area contributed by atoms with Crippen LogP contribution in [-0.2, 0) is 6.18 Å². The zero-order valence-electron chi connectivity index (χ0n) is 15.6. The Morgan fingerprint density at radius 1 is 1.07 bits per heavy atom. The highest BCUT2D eigenvalue weighted by Crippen LogP contribution is 2.40. The lowest BCUT2D eigenvalue weighted by Gasteiger charge is -2.15. The number of alkyl halides is 3. The molecule has 0 bridgehead atoms. The van der Waals surface area contributed by atoms with E-state index in [9.17, 15) is 18.0 Å². The van der Waals surface area contributed by atoms with Crippen LogP contribution in [0.25, 0.3) is 22.1 Å². The van der Waals surface area contributed by atoms with Gasteiger partial charge >= 0.3 is 6.18 Å². The van der Waals surface area contributed by atoms with Crippen LogP contribution < -0.4 is 19.6 Å². The van der Waals surface area contributed by atoms with Gasteiger partial charge in [0.2, 0.25) is 11.2 Å². The zero-order chi connectivity index (χ0) is 21.2. The molecule has 0 aliphatic rings. The average molecular weight is 406 g/mol. The first kappa shape index (κ1) is 20.3. The van der Waals surface area contributed by atoms with Crippen LogP contribution in [0.15, 0.2) is 58.3 Å². The van der Waals surface area contributed by atoms with Gasteiger partial charge in [-0.05, 0) is 29.8 Å². The number of methoxy groups -OCH3 is 2. The first-order valence-electron chi connectivity index (χ1n) is 8.44. The smallest absolute Gasteiger partial charge is 0.450 e. The van der Waals surface area contributed by atoms with Gasteiger partial charge in [0.05, 0.1) is 25.2 Å². The van der Waals surface area contributed by atoms with E-state index < -0.39 is 22.9 Å². The van der Waals surface area contributed by atoms with Gasteiger partial charge in [0.15, 0.2) is 11.5 Å². The summed E-state index contributed by atoms with van der Waals surface area (Å²) in [5.74, 6) is -0.638. The summed E-state index contributed by atoms with van der Waals surface area (Å²) in [6.45, 7) is 3.66. The minimum atomic E-state index is -4.90. The van der Waals surface area contributed by atoms with Crippen LogP contribution in [0.1, 0.15) is 5.76 Å². The molecule has 3 aromatic rings. The summed E-state index contributed by atoms with van der Waals surface area (Å²) in [5.41, 5.74) is -1.66. The normalized spacial score (nSPS) is 11.3. The van der Waals surface area contributed by atoms with Crippen molar-refractivity contribution in [3.8, 4) is 28.4 Å². The minimum absolute atomic E-state index is 0.00221. The van der Waals surface area contributed by atoms with Gasteiger partial charge < -0.3 is 18.6 Å². The molecule has 0 aliphatic heterocycles. The Labute approximate surface area is 163 Å². The molecule has 2 aromatic carbocycles. The third-order valence-electron chi connectivity index (χ3n) is 4.16. The molecule has 0 radical (unpaired) electrons. The van der Waals surface area contributed by atoms with Crippen molar-refractivity contribution in [1.82, 2.24) is 0 Å². The highest BCUT2D eigenvalue weighted by atomic mass is 19.4. The predicted molar refractivity (Wildman–Crippen MR) is 102 cm³/mol. The summed E-state index contributed by atoms with van der Waals surface area (Å²) in [6, 6.07) is 8.15. The third kappa shape index (κ3) is 3.91. The second kappa shape index (κ2) is 7.90. The number of fused-ring (bicyclic) bond motifs is 1. The van der Waals surface area contributed by atoms with E-state index >= 15 is 0 Å². The van der Waals surface area contributed by atoms with Crippen molar-refractivity contribution in [3.05, 3.63) is 65.0 Å². The molecule has 0 fully saturated rings. The molecule has 0 unspecified atom stereocenters. The molecule has 0 amide bonds. The molecule has 1 heterocycles. The summed E-state index contributed by atoms with van der Waals surface area (Å²) < 4.78 is 61.9. The van der Waals surface area contributed by atoms with E-state index in [-0.39, 0.29) is 34.6 Å². The lowest BCUT2D eigenvalue weighted by molar-refractivity contribution is -0.152. The quantitative estimate of drug-likeness (QED) is 0.536. The van der Waals surface area contributed by atoms with E-state index in [0.29, 0.717) is 5.75 Å². The monoisotopic (exact) mass is 406 g/mol. The minimum Gasteiger partial charge on any atom is -0.493 e. The Balaban J connectivity index is 2.30. The lowest BCUT2D eigenvalue weighted by Crippen LogP contribution is -2.16. The molecule has 0 aliphatic carbocycles. The van der Waals surface area contributed by atoms with Crippen LogP contribution in [-0.4, -0.2) is 20.8 Å². The van der Waals surface area contributed by atoms with Gasteiger partial charge in [-0.25, -0.2) is 0 Å². The Kier molecular flexibility index (Phi) is 5.54. The van der Waals surface area contributed by atoms with Crippen molar-refractivity contribution >= 4 is 11.0 Å². The molecule has 0 N–H and O–H groups in total. The van der Waals surface area contributed by atoms with Gasteiger partial charge in [0.1, 0.15) is 17.9 Å². The fraction of sp³-hybridized carbons (Fsp3) is 0.190. The maximum atomic E-state index is 13.7. The van der Waals surface area contributed by atoms with Crippen molar-refractivity contribution in [2.24, 2.45) is 0 Å². The van der Waals surface area contributed by atoms with Crippen molar-refractivity contribution < 1.29 is 31.8 Å². The highest BCUT2D eigenvalue weighted by molar-refractivity contribution is 5.84. The largest absolute Gasteiger partial charge is 0.493 e. The predicted octanol–water partition coefficient (Wildman–Crippen LogP) is 5.06. The van der Waals surface area contributed by atoms with E-state index in [1.807, 2.05) is 0 Å². The van der Waals surface area contributed by atoms with E-state index in [1.54, 1.807) is 0 Å². The first-order valence-corrected chi connectivity index (χ1v) is 8.44. The van der Waals surface area contributed by atoms with Gasteiger partial charge in [0, 0.05) is 6.07 Å². The van der Waals surface area contributed by atoms with E-state index in [1.165, 1.54) is 56.7 Å². The zero-order valence-corrected chi connectivity index (χ0v) is 15.6. The summed E-state index contributed by atoms with van der Waals surface area (Å²) in [6.07, 6.45) is -3.41. The third-order valence-corrected chi connectivity index (χ3v) is 4.16. The molecule has 29 heavy (non-hydrogen) atoms. The number of hydrogen-bond donors (Lipinski definition) is 0. The van der Waals surface area contributed by atoms with E-state index in [4.69, 9.17) is 18.6 Å². The maximum Gasteiger partial charge on any atom is 0.450 e. The number of hydrogen-bond acceptors (Lipinski definition) is 5. The van der Waals surface area contributed by atoms with Gasteiger partial charge in [-0.1, -0.05) is 18.7 Å².